The Kier molecular flexibility index (Phi) is 4.37. The average molecular weight is 404 g/mol. The SMILES string of the molecule is COc1ccc2c(c1)Oc1cc(OCCC[NH3+])ccc1C21OC(=O)c2ccccc21. The summed E-state index contributed by atoms with van der Waals surface area (Å²) in [6, 6.07) is 18.7. The number of carbonyl (C=O) groups is 1. The van der Waals surface area contributed by atoms with E-state index in [1.54, 1.807) is 13.2 Å². The standard InChI is InChI=1S/C24H21NO5/c1-27-15-7-9-19-21(13-15)29-22-14-16(28-12-4-11-25)8-10-20(22)24(19)18-6-3-2-5-17(18)23(26)30-24/h2-3,5-10,13-14H,4,11-12,25H2,1H3/p+1. The second kappa shape index (κ2) is 7.07. The molecule has 0 amide bonds. The van der Waals surface area contributed by atoms with Gasteiger partial charge < -0.3 is 24.7 Å². The van der Waals surface area contributed by atoms with Crippen LogP contribution in [0, 0.1) is 0 Å². The first-order valence-electron chi connectivity index (χ1n) is 9.93. The molecule has 152 valence electrons. The normalized spacial score (nSPS) is 18.1. The van der Waals surface area contributed by atoms with Crippen LogP contribution in [0.5, 0.6) is 23.0 Å². The first kappa shape index (κ1) is 18.5. The molecule has 30 heavy (non-hydrogen) atoms. The van der Waals surface area contributed by atoms with Gasteiger partial charge in [-0.25, -0.2) is 4.79 Å². The van der Waals surface area contributed by atoms with E-state index in [0.29, 0.717) is 35.2 Å². The van der Waals surface area contributed by atoms with E-state index < -0.39 is 5.60 Å². The minimum atomic E-state index is -1.07. The van der Waals surface area contributed by atoms with Crippen LogP contribution in [0.15, 0.2) is 60.7 Å². The predicted molar refractivity (Wildman–Crippen MR) is 109 cm³/mol. The minimum absolute atomic E-state index is 0.351. The van der Waals surface area contributed by atoms with Crippen molar-refractivity contribution in [1.29, 1.82) is 0 Å². The monoisotopic (exact) mass is 404 g/mol. The van der Waals surface area contributed by atoms with Crippen LogP contribution in [0.25, 0.3) is 0 Å². The molecule has 2 aliphatic heterocycles. The Hall–Kier alpha value is -3.51. The van der Waals surface area contributed by atoms with E-state index in [-0.39, 0.29) is 5.97 Å². The largest absolute Gasteiger partial charge is 0.497 e. The highest BCUT2D eigenvalue weighted by atomic mass is 16.6. The summed E-state index contributed by atoms with van der Waals surface area (Å²) in [6.45, 7) is 1.39. The van der Waals surface area contributed by atoms with Gasteiger partial charge in [-0.05, 0) is 30.3 Å². The van der Waals surface area contributed by atoms with Crippen molar-refractivity contribution in [3.63, 3.8) is 0 Å². The highest BCUT2D eigenvalue weighted by Gasteiger charge is 2.53. The number of rotatable bonds is 5. The number of ether oxygens (including phenoxy) is 4. The number of esters is 1. The molecule has 0 aromatic heterocycles. The molecule has 3 aromatic rings. The number of quaternary nitrogens is 1. The summed E-state index contributed by atoms with van der Waals surface area (Å²) < 4.78 is 23.6. The summed E-state index contributed by atoms with van der Waals surface area (Å²) in [5.41, 5.74) is 5.66. The van der Waals surface area contributed by atoms with Gasteiger partial charge in [0.05, 0.1) is 25.8 Å². The Morgan fingerprint density at radius 2 is 1.63 bits per heavy atom. The van der Waals surface area contributed by atoms with E-state index in [9.17, 15) is 4.79 Å². The molecule has 2 aliphatic rings. The molecular weight excluding hydrogens is 382 g/mol. The lowest BCUT2D eigenvalue weighted by Crippen LogP contribution is -2.50. The molecule has 2 heterocycles. The van der Waals surface area contributed by atoms with Crippen LogP contribution >= 0.6 is 0 Å². The van der Waals surface area contributed by atoms with Crippen LogP contribution in [-0.2, 0) is 10.3 Å². The molecule has 0 saturated heterocycles. The van der Waals surface area contributed by atoms with Gasteiger partial charge in [-0.3, -0.25) is 0 Å². The van der Waals surface area contributed by atoms with Gasteiger partial charge >= 0.3 is 5.97 Å². The lowest BCUT2D eigenvalue weighted by molar-refractivity contribution is -0.368. The maximum absolute atomic E-state index is 12.8. The van der Waals surface area contributed by atoms with E-state index in [1.807, 2.05) is 54.6 Å². The predicted octanol–water partition coefficient (Wildman–Crippen LogP) is 3.27. The van der Waals surface area contributed by atoms with Crippen molar-refractivity contribution < 1.29 is 29.5 Å². The zero-order chi connectivity index (χ0) is 20.7. The Labute approximate surface area is 174 Å². The van der Waals surface area contributed by atoms with Crippen molar-refractivity contribution in [1.82, 2.24) is 0 Å². The Balaban J connectivity index is 1.71. The van der Waals surface area contributed by atoms with E-state index in [4.69, 9.17) is 18.9 Å². The number of benzene rings is 3. The molecule has 5 rings (SSSR count). The lowest BCUT2D eigenvalue weighted by Gasteiger charge is -2.36. The topological polar surface area (TPSA) is 81.6 Å². The highest BCUT2D eigenvalue weighted by Crippen LogP contribution is 2.56. The number of hydrogen-bond acceptors (Lipinski definition) is 5. The van der Waals surface area contributed by atoms with E-state index in [2.05, 4.69) is 5.73 Å². The smallest absolute Gasteiger partial charge is 0.340 e. The van der Waals surface area contributed by atoms with Crippen molar-refractivity contribution in [2.45, 2.75) is 12.0 Å². The fourth-order valence-corrected chi connectivity index (χ4v) is 4.15. The summed E-state index contributed by atoms with van der Waals surface area (Å²) in [4.78, 5) is 12.8. The molecule has 1 atom stereocenters. The average Bonchev–Trinajstić information content (AvgIpc) is 3.07. The van der Waals surface area contributed by atoms with Crippen molar-refractivity contribution in [3.05, 3.63) is 82.9 Å². The Morgan fingerprint density at radius 3 is 2.37 bits per heavy atom. The van der Waals surface area contributed by atoms with E-state index in [0.717, 1.165) is 29.7 Å². The molecule has 1 spiro atoms. The summed E-state index contributed by atoms with van der Waals surface area (Å²) in [5, 5.41) is 0. The van der Waals surface area contributed by atoms with Crippen molar-refractivity contribution in [2.75, 3.05) is 20.3 Å². The molecular formula is C24H22NO5+. The van der Waals surface area contributed by atoms with Crippen LogP contribution < -0.4 is 19.9 Å². The van der Waals surface area contributed by atoms with Gasteiger partial charge in [-0.1, -0.05) is 18.2 Å². The molecule has 6 nitrogen and oxygen atoms in total. The second-order valence-corrected chi connectivity index (χ2v) is 7.29. The van der Waals surface area contributed by atoms with Crippen LogP contribution in [-0.4, -0.2) is 26.2 Å². The third-order valence-corrected chi connectivity index (χ3v) is 5.56. The molecule has 0 radical (unpaired) electrons. The lowest BCUT2D eigenvalue weighted by atomic mass is 9.77. The number of methoxy groups -OCH3 is 1. The maximum atomic E-state index is 12.8. The molecule has 0 aliphatic carbocycles. The van der Waals surface area contributed by atoms with Gasteiger partial charge in [-0.15, -0.1) is 0 Å². The third-order valence-electron chi connectivity index (χ3n) is 5.56. The zero-order valence-electron chi connectivity index (χ0n) is 16.6. The third kappa shape index (κ3) is 2.64. The van der Waals surface area contributed by atoms with Gasteiger partial charge in [0, 0.05) is 35.2 Å². The van der Waals surface area contributed by atoms with Crippen molar-refractivity contribution in [3.8, 4) is 23.0 Å². The molecule has 0 bridgehead atoms. The van der Waals surface area contributed by atoms with E-state index in [1.165, 1.54) is 0 Å². The molecule has 3 N–H and O–H groups in total. The highest BCUT2D eigenvalue weighted by molar-refractivity contribution is 5.97. The van der Waals surface area contributed by atoms with Crippen LogP contribution in [0.3, 0.4) is 0 Å². The van der Waals surface area contributed by atoms with Crippen LogP contribution in [0.2, 0.25) is 0 Å². The van der Waals surface area contributed by atoms with Crippen LogP contribution in [0.1, 0.15) is 33.5 Å². The maximum Gasteiger partial charge on any atom is 0.340 e. The number of fused-ring (bicyclic) bond motifs is 6. The fraction of sp³-hybridized carbons (Fsp3) is 0.208. The number of carbonyl (C=O) groups excluding carboxylic acids is 1. The number of hydrogen-bond donors (Lipinski definition) is 1. The second-order valence-electron chi connectivity index (χ2n) is 7.29. The molecule has 0 saturated carbocycles. The minimum Gasteiger partial charge on any atom is -0.497 e. The van der Waals surface area contributed by atoms with Gasteiger partial charge in [0.15, 0.2) is 5.60 Å². The van der Waals surface area contributed by atoms with Gasteiger partial charge in [0.1, 0.15) is 23.0 Å². The van der Waals surface area contributed by atoms with E-state index >= 15 is 0 Å². The summed E-state index contributed by atoms with van der Waals surface area (Å²) in [5.74, 6) is 2.18. The Bertz CT molecular complexity index is 1140. The van der Waals surface area contributed by atoms with Gasteiger partial charge in [0.25, 0.3) is 0 Å². The first-order valence-corrected chi connectivity index (χ1v) is 9.93. The Morgan fingerprint density at radius 1 is 0.933 bits per heavy atom. The summed E-state index contributed by atoms with van der Waals surface area (Å²) in [7, 11) is 1.60. The summed E-state index contributed by atoms with van der Waals surface area (Å²) >= 11 is 0. The molecule has 1 unspecified atom stereocenters. The summed E-state index contributed by atoms with van der Waals surface area (Å²) in [6.07, 6.45) is 0.868. The van der Waals surface area contributed by atoms with Gasteiger partial charge in [0.2, 0.25) is 0 Å². The zero-order valence-corrected chi connectivity index (χ0v) is 16.6. The van der Waals surface area contributed by atoms with Crippen LogP contribution in [0.4, 0.5) is 0 Å². The first-order chi connectivity index (χ1) is 14.7. The molecule has 0 fully saturated rings. The quantitative estimate of drug-likeness (QED) is 0.521. The van der Waals surface area contributed by atoms with Gasteiger partial charge in [-0.2, -0.15) is 0 Å². The van der Waals surface area contributed by atoms with Crippen molar-refractivity contribution >= 4 is 5.97 Å². The molecule has 6 heteroatoms. The molecule has 3 aromatic carbocycles. The van der Waals surface area contributed by atoms with Crippen molar-refractivity contribution in [2.24, 2.45) is 0 Å². The fourth-order valence-electron chi connectivity index (χ4n) is 4.15.